The maximum Gasteiger partial charge on any atom is 0.166 e. The molecule has 0 spiro atoms. The van der Waals surface area contributed by atoms with Crippen LogP contribution in [0.5, 0.6) is 0 Å². The lowest BCUT2D eigenvalue weighted by molar-refractivity contribution is 0.559. The van der Waals surface area contributed by atoms with Gasteiger partial charge in [-0.1, -0.05) is 13.3 Å². The Hall–Kier alpha value is -1.10. The molecule has 4 nitrogen and oxygen atoms in total. The van der Waals surface area contributed by atoms with Gasteiger partial charge in [0.1, 0.15) is 0 Å². The Morgan fingerprint density at radius 2 is 2.06 bits per heavy atom. The molecule has 5 heteroatoms. The van der Waals surface area contributed by atoms with Crippen molar-refractivity contribution in [2.45, 2.75) is 39.7 Å². The molecule has 1 heterocycles. The van der Waals surface area contributed by atoms with E-state index in [9.17, 15) is 0 Å². The first-order valence-corrected chi connectivity index (χ1v) is 6.65. The molecular weight excluding hydrogens is 232 g/mol. The van der Waals surface area contributed by atoms with E-state index in [1.54, 1.807) is 0 Å². The molecule has 17 heavy (non-hydrogen) atoms. The molecule has 0 amide bonds. The molecule has 0 saturated heterocycles. The second kappa shape index (κ2) is 8.06. The standard InChI is InChI=1S/C12H22N4S/c1-3-4-7-13-12(17)14-8-5-10-16-11(2)6-9-15-16/h6,9H,3-5,7-8,10H2,1-2H3,(H2,13,14,17). The molecule has 0 aliphatic carbocycles. The van der Waals surface area contributed by atoms with Gasteiger partial charge in [0.15, 0.2) is 5.11 Å². The molecule has 0 fully saturated rings. The van der Waals surface area contributed by atoms with Crippen LogP contribution in [0.2, 0.25) is 0 Å². The van der Waals surface area contributed by atoms with Crippen molar-refractivity contribution < 1.29 is 0 Å². The number of hydrogen-bond acceptors (Lipinski definition) is 2. The molecule has 0 aromatic carbocycles. The van der Waals surface area contributed by atoms with Gasteiger partial charge in [-0.05, 0) is 38.0 Å². The summed E-state index contributed by atoms with van der Waals surface area (Å²) in [6.07, 6.45) is 5.21. The molecule has 96 valence electrons. The van der Waals surface area contributed by atoms with Crippen LogP contribution in [-0.2, 0) is 6.54 Å². The fourth-order valence-corrected chi connectivity index (χ4v) is 1.71. The van der Waals surface area contributed by atoms with Gasteiger partial charge in [-0.2, -0.15) is 5.10 Å². The summed E-state index contributed by atoms with van der Waals surface area (Å²) >= 11 is 5.16. The Bertz CT molecular complexity index is 335. The van der Waals surface area contributed by atoms with Crippen LogP contribution >= 0.6 is 12.2 Å². The lowest BCUT2D eigenvalue weighted by atomic mass is 10.3. The van der Waals surface area contributed by atoms with E-state index >= 15 is 0 Å². The van der Waals surface area contributed by atoms with Gasteiger partial charge >= 0.3 is 0 Å². The van der Waals surface area contributed by atoms with Crippen molar-refractivity contribution in [3.8, 4) is 0 Å². The van der Waals surface area contributed by atoms with E-state index in [1.165, 1.54) is 12.1 Å². The van der Waals surface area contributed by atoms with Crippen LogP contribution in [0.15, 0.2) is 12.3 Å². The molecule has 0 saturated carbocycles. The normalized spacial score (nSPS) is 10.2. The molecule has 0 bridgehead atoms. The van der Waals surface area contributed by atoms with Crippen LogP contribution in [0.4, 0.5) is 0 Å². The van der Waals surface area contributed by atoms with Crippen molar-refractivity contribution >= 4 is 17.3 Å². The zero-order valence-electron chi connectivity index (χ0n) is 10.7. The van der Waals surface area contributed by atoms with E-state index < -0.39 is 0 Å². The van der Waals surface area contributed by atoms with Gasteiger partial charge in [-0.15, -0.1) is 0 Å². The summed E-state index contributed by atoms with van der Waals surface area (Å²) in [6, 6.07) is 2.02. The lowest BCUT2D eigenvalue weighted by Gasteiger charge is -2.10. The number of thiocarbonyl (C=S) groups is 1. The molecule has 1 aromatic heterocycles. The third-order valence-electron chi connectivity index (χ3n) is 2.58. The topological polar surface area (TPSA) is 41.9 Å². The second-order valence-corrected chi connectivity index (χ2v) is 4.49. The Morgan fingerprint density at radius 1 is 1.35 bits per heavy atom. The second-order valence-electron chi connectivity index (χ2n) is 4.09. The van der Waals surface area contributed by atoms with Gasteiger partial charge in [-0.3, -0.25) is 4.68 Å². The minimum atomic E-state index is 0.760. The summed E-state index contributed by atoms with van der Waals surface area (Å²) in [7, 11) is 0. The molecule has 0 radical (unpaired) electrons. The zero-order chi connectivity index (χ0) is 12.5. The first-order chi connectivity index (χ1) is 8.24. The number of aryl methyl sites for hydroxylation is 2. The first kappa shape index (κ1) is 14.0. The fourth-order valence-electron chi connectivity index (χ4n) is 1.50. The van der Waals surface area contributed by atoms with Crippen LogP contribution in [0.25, 0.3) is 0 Å². The number of unbranched alkanes of at least 4 members (excludes halogenated alkanes) is 1. The number of hydrogen-bond donors (Lipinski definition) is 2. The first-order valence-electron chi connectivity index (χ1n) is 6.24. The highest BCUT2D eigenvalue weighted by Crippen LogP contribution is 1.96. The Labute approximate surface area is 109 Å². The van der Waals surface area contributed by atoms with Crippen molar-refractivity contribution in [1.29, 1.82) is 0 Å². The molecule has 0 unspecified atom stereocenters. The van der Waals surface area contributed by atoms with Crippen LogP contribution in [0, 0.1) is 6.92 Å². The van der Waals surface area contributed by atoms with Crippen LogP contribution in [0.3, 0.4) is 0 Å². The average Bonchev–Trinajstić information content (AvgIpc) is 2.71. The molecule has 0 atom stereocenters. The summed E-state index contributed by atoms with van der Waals surface area (Å²) in [6.45, 7) is 7.02. The van der Waals surface area contributed by atoms with Crippen LogP contribution < -0.4 is 10.6 Å². The van der Waals surface area contributed by atoms with Crippen molar-refractivity contribution in [2.24, 2.45) is 0 Å². The largest absolute Gasteiger partial charge is 0.363 e. The van der Waals surface area contributed by atoms with Crippen LogP contribution in [-0.4, -0.2) is 28.0 Å². The van der Waals surface area contributed by atoms with Gasteiger partial charge in [0, 0.05) is 31.5 Å². The van der Waals surface area contributed by atoms with Crippen molar-refractivity contribution in [1.82, 2.24) is 20.4 Å². The molecule has 0 aliphatic heterocycles. The molecule has 1 aromatic rings. The SMILES string of the molecule is CCCCNC(=S)NCCCn1nccc1C. The van der Waals surface area contributed by atoms with E-state index in [2.05, 4.69) is 29.6 Å². The molecule has 2 N–H and O–H groups in total. The van der Waals surface area contributed by atoms with Crippen LogP contribution in [0.1, 0.15) is 31.9 Å². The summed E-state index contributed by atoms with van der Waals surface area (Å²) in [4.78, 5) is 0. The highest BCUT2D eigenvalue weighted by atomic mass is 32.1. The summed E-state index contributed by atoms with van der Waals surface area (Å²) in [5.41, 5.74) is 1.20. The van der Waals surface area contributed by atoms with E-state index in [0.29, 0.717) is 0 Å². The number of rotatable bonds is 7. The van der Waals surface area contributed by atoms with Gasteiger partial charge < -0.3 is 10.6 Å². The number of nitrogens with one attached hydrogen (secondary N) is 2. The van der Waals surface area contributed by atoms with Crippen molar-refractivity contribution in [2.75, 3.05) is 13.1 Å². The predicted octanol–water partition coefficient (Wildman–Crippen LogP) is 1.85. The lowest BCUT2D eigenvalue weighted by Crippen LogP contribution is -2.36. The fraction of sp³-hybridized carbons (Fsp3) is 0.667. The maximum atomic E-state index is 5.16. The Morgan fingerprint density at radius 3 is 2.65 bits per heavy atom. The van der Waals surface area contributed by atoms with Gasteiger partial charge in [-0.25, -0.2) is 0 Å². The average molecular weight is 254 g/mol. The van der Waals surface area contributed by atoms with Gasteiger partial charge in [0.25, 0.3) is 0 Å². The van der Waals surface area contributed by atoms with Crippen molar-refractivity contribution in [3.63, 3.8) is 0 Å². The molecule has 0 aliphatic rings. The minimum absolute atomic E-state index is 0.760. The summed E-state index contributed by atoms with van der Waals surface area (Å²) in [5.74, 6) is 0. The maximum absolute atomic E-state index is 5.16. The quantitative estimate of drug-likeness (QED) is 0.575. The zero-order valence-corrected chi connectivity index (χ0v) is 11.5. The highest BCUT2D eigenvalue weighted by molar-refractivity contribution is 7.80. The number of aromatic nitrogens is 2. The number of nitrogens with zero attached hydrogens (tertiary/aromatic N) is 2. The summed E-state index contributed by atoms with van der Waals surface area (Å²) < 4.78 is 2.01. The predicted molar refractivity (Wildman–Crippen MR) is 75.1 cm³/mol. The molecule has 1 rings (SSSR count). The van der Waals surface area contributed by atoms with E-state index in [1.807, 2.05) is 16.9 Å². The van der Waals surface area contributed by atoms with Gasteiger partial charge in [0.2, 0.25) is 0 Å². The highest BCUT2D eigenvalue weighted by Gasteiger charge is 1.97. The van der Waals surface area contributed by atoms with Gasteiger partial charge in [0.05, 0.1) is 0 Å². The van der Waals surface area contributed by atoms with E-state index in [-0.39, 0.29) is 0 Å². The smallest absolute Gasteiger partial charge is 0.166 e. The van der Waals surface area contributed by atoms with Crippen molar-refractivity contribution in [3.05, 3.63) is 18.0 Å². The van der Waals surface area contributed by atoms with E-state index in [4.69, 9.17) is 12.2 Å². The third kappa shape index (κ3) is 5.68. The monoisotopic (exact) mass is 254 g/mol. The minimum Gasteiger partial charge on any atom is -0.363 e. The third-order valence-corrected chi connectivity index (χ3v) is 2.87. The Kier molecular flexibility index (Phi) is 6.62. The summed E-state index contributed by atoms with van der Waals surface area (Å²) in [5, 5.41) is 11.4. The molecular formula is C12H22N4S. The Balaban J connectivity index is 2.04. The van der Waals surface area contributed by atoms with E-state index in [0.717, 1.165) is 37.6 Å².